The molecular weight excluding hydrogens is 279 g/mol. The third kappa shape index (κ3) is 2.27. The van der Waals surface area contributed by atoms with Crippen molar-refractivity contribution in [2.24, 2.45) is 0 Å². The summed E-state index contributed by atoms with van der Waals surface area (Å²) in [6.07, 6.45) is 1.95. The molecule has 0 N–H and O–H groups in total. The van der Waals surface area contributed by atoms with Crippen molar-refractivity contribution in [2.45, 2.75) is 18.9 Å². The first-order valence-corrected chi connectivity index (χ1v) is 7.29. The lowest BCUT2D eigenvalue weighted by atomic mass is 10.1. The van der Waals surface area contributed by atoms with Gasteiger partial charge >= 0.3 is 0 Å². The number of halogens is 1. The Labute approximate surface area is 119 Å². The van der Waals surface area contributed by atoms with Crippen LogP contribution in [-0.2, 0) is 0 Å². The van der Waals surface area contributed by atoms with Crippen LogP contribution in [0.5, 0.6) is 0 Å². The molecule has 0 saturated carbocycles. The highest BCUT2D eigenvalue weighted by Gasteiger charge is 2.31. The molecule has 4 nitrogen and oxygen atoms in total. The standard InChI is InChI=1S/C14H13FN2O2S/c15-10-5-6-11(13(9-10)17(18)19)16-7-1-3-12(16)14-4-2-8-20-14/h2,4-6,8-9,12H,1,3,7H2. The van der Waals surface area contributed by atoms with Crippen molar-refractivity contribution in [3.8, 4) is 0 Å². The van der Waals surface area contributed by atoms with Gasteiger partial charge in [-0.05, 0) is 36.4 Å². The third-order valence-electron chi connectivity index (χ3n) is 3.57. The van der Waals surface area contributed by atoms with Crippen LogP contribution >= 0.6 is 11.3 Å². The lowest BCUT2D eigenvalue weighted by molar-refractivity contribution is -0.384. The first-order valence-electron chi connectivity index (χ1n) is 6.41. The van der Waals surface area contributed by atoms with Gasteiger partial charge in [-0.25, -0.2) is 4.39 Å². The quantitative estimate of drug-likeness (QED) is 0.631. The van der Waals surface area contributed by atoms with Crippen LogP contribution in [0.25, 0.3) is 0 Å². The van der Waals surface area contributed by atoms with Crippen LogP contribution in [0.2, 0.25) is 0 Å². The molecule has 1 atom stereocenters. The van der Waals surface area contributed by atoms with Crippen molar-refractivity contribution in [1.29, 1.82) is 0 Å². The fourth-order valence-electron chi connectivity index (χ4n) is 2.72. The highest BCUT2D eigenvalue weighted by Crippen LogP contribution is 2.41. The Morgan fingerprint density at radius 1 is 1.40 bits per heavy atom. The number of nitro groups is 1. The highest BCUT2D eigenvalue weighted by molar-refractivity contribution is 7.10. The van der Waals surface area contributed by atoms with E-state index in [1.165, 1.54) is 17.0 Å². The summed E-state index contributed by atoms with van der Waals surface area (Å²) >= 11 is 1.65. The van der Waals surface area contributed by atoms with Gasteiger partial charge in [0.1, 0.15) is 11.5 Å². The lowest BCUT2D eigenvalue weighted by Crippen LogP contribution is -2.22. The van der Waals surface area contributed by atoms with Crippen molar-refractivity contribution in [1.82, 2.24) is 0 Å². The molecular formula is C14H13FN2O2S. The minimum absolute atomic E-state index is 0.152. The summed E-state index contributed by atoms with van der Waals surface area (Å²) in [5, 5.41) is 13.1. The Morgan fingerprint density at radius 2 is 2.25 bits per heavy atom. The highest BCUT2D eigenvalue weighted by atomic mass is 32.1. The monoisotopic (exact) mass is 292 g/mol. The maximum Gasteiger partial charge on any atom is 0.295 e. The van der Waals surface area contributed by atoms with Crippen LogP contribution < -0.4 is 4.90 Å². The molecule has 1 aliphatic rings. The van der Waals surface area contributed by atoms with Crippen molar-refractivity contribution >= 4 is 22.7 Å². The molecule has 1 aromatic heterocycles. The predicted octanol–water partition coefficient (Wildman–Crippen LogP) is 4.14. The Kier molecular flexibility index (Phi) is 3.40. The first-order chi connectivity index (χ1) is 9.66. The molecule has 2 heterocycles. The van der Waals surface area contributed by atoms with Gasteiger partial charge < -0.3 is 4.90 Å². The fourth-order valence-corrected chi connectivity index (χ4v) is 3.59. The second kappa shape index (κ2) is 5.20. The largest absolute Gasteiger partial charge is 0.358 e. The number of anilines is 1. The Balaban J connectivity index is 2.02. The maximum absolute atomic E-state index is 13.2. The third-order valence-corrected chi connectivity index (χ3v) is 4.54. The van der Waals surface area contributed by atoms with Gasteiger partial charge in [0.2, 0.25) is 0 Å². The summed E-state index contributed by atoms with van der Waals surface area (Å²) in [6.45, 7) is 0.759. The van der Waals surface area contributed by atoms with E-state index in [-0.39, 0.29) is 11.7 Å². The Hall–Kier alpha value is -1.95. The van der Waals surface area contributed by atoms with E-state index in [4.69, 9.17) is 0 Å². The lowest BCUT2D eigenvalue weighted by Gasteiger charge is -2.25. The summed E-state index contributed by atoms with van der Waals surface area (Å²) in [5.74, 6) is -0.577. The summed E-state index contributed by atoms with van der Waals surface area (Å²) in [5.41, 5.74) is 0.348. The van der Waals surface area contributed by atoms with Crippen molar-refractivity contribution in [3.05, 3.63) is 56.5 Å². The van der Waals surface area contributed by atoms with Gasteiger partial charge in [0.15, 0.2) is 0 Å². The summed E-state index contributed by atoms with van der Waals surface area (Å²) in [7, 11) is 0. The van der Waals surface area contributed by atoms with Gasteiger partial charge in [0.05, 0.1) is 17.0 Å². The SMILES string of the molecule is O=[N+]([O-])c1cc(F)ccc1N1CCCC1c1cccs1. The second-order valence-electron chi connectivity index (χ2n) is 4.76. The van der Waals surface area contributed by atoms with Crippen LogP contribution in [0.1, 0.15) is 23.8 Å². The number of nitro benzene ring substituents is 1. The van der Waals surface area contributed by atoms with Crippen LogP contribution in [0.3, 0.4) is 0 Å². The number of thiophene rings is 1. The topological polar surface area (TPSA) is 46.4 Å². The molecule has 2 aromatic rings. The van der Waals surface area contributed by atoms with E-state index in [0.29, 0.717) is 5.69 Å². The summed E-state index contributed by atoms with van der Waals surface area (Å²) in [6, 6.07) is 7.97. The second-order valence-corrected chi connectivity index (χ2v) is 5.74. The minimum atomic E-state index is -0.577. The number of rotatable bonds is 3. The van der Waals surface area contributed by atoms with Gasteiger partial charge in [-0.1, -0.05) is 6.07 Å². The van der Waals surface area contributed by atoms with E-state index in [1.807, 2.05) is 22.4 Å². The zero-order chi connectivity index (χ0) is 14.1. The molecule has 3 rings (SSSR count). The Morgan fingerprint density at radius 3 is 2.95 bits per heavy atom. The van der Waals surface area contributed by atoms with E-state index in [0.717, 1.165) is 25.5 Å². The first kappa shape index (κ1) is 13.1. The molecule has 0 amide bonds. The van der Waals surface area contributed by atoms with Gasteiger partial charge in [0, 0.05) is 11.4 Å². The van der Waals surface area contributed by atoms with Crippen LogP contribution in [0.15, 0.2) is 35.7 Å². The smallest absolute Gasteiger partial charge is 0.295 e. The van der Waals surface area contributed by atoms with Crippen molar-refractivity contribution in [2.75, 3.05) is 11.4 Å². The average molecular weight is 292 g/mol. The van der Waals surface area contributed by atoms with Gasteiger partial charge in [-0.3, -0.25) is 10.1 Å². The molecule has 1 fully saturated rings. The number of hydrogen-bond donors (Lipinski definition) is 0. The number of hydrogen-bond acceptors (Lipinski definition) is 4. The zero-order valence-electron chi connectivity index (χ0n) is 10.7. The molecule has 0 spiro atoms. The molecule has 1 aliphatic heterocycles. The van der Waals surface area contributed by atoms with E-state index >= 15 is 0 Å². The molecule has 0 radical (unpaired) electrons. The normalized spacial score (nSPS) is 18.4. The Bertz CT molecular complexity index is 630. The maximum atomic E-state index is 13.2. The van der Waals surface area contributed by atoms with Gasteiger partial charge in [-0.15, -0.1) is 11.3 Å². The van der Waals surface area contributed by atoms with Crippen LogP contribution in [0, 0.1) is 15.9 Å². The van der Waals surface area contributed by atoms with Crippen LogP contribution in [0.4, 0.5) is 15.8 Å². The molecule has 1 saturated heterocycles. The van der Waals surface area contributed by atoms with E-state index in [2.05, 4.69) is 0 Å². The summed E-state index contributed by atoms with van der Waals surface area (Å²) < 4.78 is 13.2. The molecule has 20 heavy (non-hydrogen) atoms. The van der Waals surface area contributed by atoms with E-state index in [1.54, 1.807) is 11.3 Å². The van der Waals surface area contributed by atoms with Crippen molar-refractivity contribution in [3.63, 3.8) is 0 Å². The van der Waals surface area contributed by atoms with Gasteiger partial charge in [-0.2, -0.15) is 0 Å². The molecule has 1 aromatic carbocycles. The molecule has 104 valence electrons. The van der Waals surface area contributed by atoms with Gasteiger partial charge in [0.25, 0.3) is 5.69 Å². The molecule has 0 aliphatic carbocycles. The molecule has 0 bridgehead atoms. The minimum Gasteiger partial charge on any atom is -0.358 e. The number of benzene rings is 1. The zero-order valence-corrected chi connectivity index (χ0v) is 11.5. The predicted molar refractivity (Wildman–Crippen MR) is 76.7 cm³/mol. The van der Waals surface area contributed by atoms with Crippen molar-refractivity contribution < 1.29 is 9.31 Å². The number of nitrogens with zero attached hydrogens (tertiary/aromatic N) is 2. The average Bonchev–Trinajstić information content (AvgIpc) is 3.09. The molecule has 1 unspecified atom stereocenters. The van der Waals surface area contributed by atoms with E-state index in [9.17, 15) is 14.5 Å². The fraction of sp³-hybridized carbons (Fsp3) is 0.286. The van der Waals surface area contributed by atoms with E-state index < -0.39 is 10.7 Å². The summed E-state index contributed by atoms with van der Waals surface area (Å²) in [4.78, 5) is 13.8. The van der Waals surface area contributed by atoms with Crippen LogP contribution in [-0.4, -0.2) is 11.5 Å². The molecule has 6 heteroatoms.